The van der Waals surface area contributed by atoms with Gasteiger partial charge in [-0.15, -0.1) is 0 Å². The zero-order valence-electron chi connectivity index (χ0n) is 13.5. The lowest BCUT2D eigenvalue weighted by Crippen LogP contribution is -2.15. The van der Waals surface area contributed by atoms with Gasteiger partial charge in [-0.05, 0) is 47.2 Å². The smallest absolute Gasteiger partial charge is 0.311 e. The minimum Gasteiger partial charge on any atom is -0.496 e. The first kappa shape index (κ1) is 17.4. The van der Waals surface area contributed by atoms with Crippen molar-refractivity contribution in [1.82, 2.24) is 0 Å². The summed E-state index contributed by atoms with van der Waals surface area (Å²) in [7, 11) is 1.60. The molecule has 1 unspecified atom stereocenters. The normalized spacial score (nSPS) is 12.2. The maximum atomic E-state index is 11.8. The SMILES string of the molecule is COc1ccc(C(C)C)cc1CC(C(=O)O)c1cccc(Cl)c1. The van der Waals surface area contributed by atoms with Crippen LogP contribution in [0.15, 0.2) is 42.5 Å². The number of carboxylic acid groups (broad SMARTS) is 1. The molecule has 0 amide bonds. The van der Waals surface area contributed by atoms with Crippen LogP contribution in [0, 0.1) is 0 Å². The highest BCUT2D eigenvalue weighted by Gasteiger charge is 2.22. The van der Waals surface area contributed by atoms with Gasteiger partial charge in [0.25, 0.3) is 0 Å². The van der Waals surface area contributed by atoms with Crippen LogP contribution in [0.5, 0.6) is 5.75 Å². The quantitative estimate of drug-likeness (QED) is 0.819. The third kappa shape index (κ3) is 4.26. The van der Waals surface area contributed by atoms with Gasteiger partial charge in [0.1, 0.15) is 5.75 Å². The summed E-state index contributed by atoms with van der Waals surface area (Å²) < 4.78 is 5.40. The van der Waals surface area contributed by atoms with Crippen LogP contribution in [0.1, 0.15) is 42.4 Å². The van der Waals surface area contributed by atoms with Crippen molar-refractivity contribution in [2.45, 2.75) is 32.1 Å². The van der Waals surface area contributed by atoms with Crippen molar-refractivity contribution in [2.24, 2.45) is 0 Å². The summed E-state index contributed by atoms with van der Waals surface area (Å²) >= 11 is 6.00. The van der Waals surface area contributed by atoms with E-state index in [-0.39, 0.29) is 0 Å². The van der Waals surface area contributed by atoms with Gasteiger partial charge in [0.15, 0.2) is 0 Å². The number of hydrogen-bond donors (Lipinski definition) is 1. The lowest BCUT2D eigenvalue weighted by molar-refractivity contribution is -0.138. The molecule has 0 saturated carbocycles. The van der Waals surface area contributed by atoms with E-state index in [4.69, 9.17) is 16.3 Å². The number of halogens is 1. The molecular formula is C19H21ClO3. The Bertz CT molecular complexity index is 695. The van der Waals surface area contributed by atoms with E-state index in [1.54, 1.807) is 31.4 Å². The molecule has 0 radical (unpaired) electrons. The third-order valence-corrected chi connectivity index (χ3v) is 4.18. The lowest BCUT2D eigenvalue weighted by atomic mass is 9.90. The average molecular weight is 333 g/mol. The summed E-state index contributed by atoms with van der Waals surface area (Å²) in [5.74, 6) is -0.453. The van der Waals surface area contributed by atoms with Crippen molar-refractivity contribution in [3.05, 3.63) is 64.2 Å². The largest absolute Gasteiger partial charge is 0.496 e. The van der Waals surface area contributed by atoms with Crippen LogP contribution < -0.4 is 4.74 Å². The standard InChI is InChI=1S/C19H21ClO3/c1-12(2)13-7-8-18(23-3)15(9-13)11-17(19(21)22)14-5-4-6-16(20)10-14/h4-10,12,17H,11H2,1-3H3,(H,21,22). The highest BCUT2D eigenvalue weighted by molar-refractivity contribution is 6.30. The highest BCUT2D eigenvalue weighted by atomic mass is 35.5. The highest BCUT2D eigenvalue weighted by Crippen LogP contribution is 2.30. The van der Waals surface area contributed by atoms with Crippen LogP contribution in [-0.2, 0) is 11.2 Å². The van der Waals surface area contributed by atoms with Gasteiger partial charge in [0, 0.05) is 5.02 Å². The second-order valence-electron chi connectivity index (χ2n) is 5.88. The Labute approximate surface area is 141 Å². The number of benzene rings is 2. The number of ether oxygens (including phenoxy) is 1. The van der Waals surface area contributed by atoms with E-state index in [1.807, 2.05) is 18.2 Å². The number of carboxylic acids is 1. The van der Waals surface area contributed by atoms with Gasteiger partial charge in [0.2, 0.25) is 0 Å². The van der Waals surface area contributed by atoms with Crippen LogP contribution >= 0.6 is 11.6 Å². The van der Waals surface area contributed by atoms with Crippen molar-refractivity contribution in [3.63, 3.8) is 0 Å². The molecule has 3 nitrogen and oxygen atoms in total. The van der Waals surface area contributed by atoms with Crippen LogP contribution in [0.25, 0.3) is 0 Å². The number of rotatable bonds is 6. The maximum absolute atomic E-state index is 11.8. The summed E-state index contributed by atoms with van der Waals surface area (Å²) in [6, 6.07) is 13.0. The van der Waals surface area contributed by atoms with E-state index in [9.17, 15) is 9.90 Å². The minimum absolute atomic E-state index is 0.361. The summed E-state index contributed by atoms with van der Waals surface area (Å²) in [5.41, 5.74) is 2.75. The van der Waals surface area contributed by atoms with Crippen LogP contribution in [0.2, 0.25) is 5.02 Å². The predicted octanol–water partition coefficient (Wildman–Crippen LogP) is 4.88. The molecule has 0 saturated heterocycles. The van der Waals surface area contributed by atoms with Gasteiger partial charge in [0.05, 0.1) is 13.0 Å². The Morgan fingerprint density at radius 3 is 2.48 bits per heavy atom. The Morgan fingerprint density at radius 1 is 1.17 bits per heavy atom. The van der Waals surface area contributed by atoms with E-state index in [2.05, 4.69) is 13.8 Å². The monoisotopic (exact) mass is 332 g/mol. The molecule has 0 fully saturated rings. The molecule has 0 aliphatic rings. The number of carbonyl (C=O) groups is 1. The minimum atomic E-state index is -0.871. The Morgan fingerprint density at radius 2 is 1.91 bits per heavy atom. The van der Waals surface area contributed by atoms with Gasteiger partial charge in [-0.2, -0.15) is 0 Å². The number of methoxy groups -OCH3 is 1. The second-order valence-corrected chi connectivity index (χ2v) is 6.31. The second kappa shape index (κ2) is 7.51. The first-order chi connectivity index (χ1) is 10.9. The molecule has 1 atom stereocenters. The van der Waals surface area contributed by atoms with E-state index in [0.29, 0.717) is 28.7 Å². The molecule has 0 aromatic heterocycles. The Balaban J connectivity index is 2.40. The van der Waals surface area contributed by atoms with E-state index < -0.39 is 11.9 Å². The van der Waals surface area contributed by atoms with Crippen LogP contribution in [0.4, 0.5) is 0 Å². The molecule has 23 heavy (non-hydrogen) atoms. The average Bonchev–Trinajstić information content (AvgIpc) is 2.51. The zero-order chi connectivity index (χ0) is 17.0. The molecule has 0 bridgehead atoms. The molecule has 2 aromatic carbocycles. The van der Waals surface area contributed by atoms with Gasteiger partial charge >= 0.3 is 5.97 Å². The van der Waals surface area contributed by atoms with Crippen molar-refractivity contribution >= 4 is 17.6 Å². The summed E-state index contributed by atoms with van der Waals surface area (Å²) in [5, 5.41) is 10.2. The maximum Gasteiger partial charge on any atom is 0.311 e. The van der Waals surface area contributed by atoms with Crippen molar-refractivity contribution in [3.8, 4) is 5.75 Å². The lowest BCUT2D eigenvalue weighted by Gasteiger charge is -2.17. The van der Waals surface area contributed by atoms with Crippen LogP contribution in [0.3, 0.4) is 0 Å². The fraction of sp³-hybridized carbons (Fsp3) is 0.316. The summed E-state index contributed by atoms with van der Waals surface area (Å²) in [4.78, 5) is 11.8. The molecule has 2 aromatic rings. The third-order valence-electron chi connectivity index (χ3n) is 3.94. The summed E-state index contributed by atoms with van der Waals surface area (Å²) in [6.07, 6.45) is 0.361. The fourth-order valence-corrected chi connectivity index (χ4v) is 2.81. The van der Waals surface area contributed by atoms with E-state index in [1.165, 1.54) is 0 Å². The predicted molar refractivity (Wildman–Crippen MR) is 92.6 cm³/mol. The first-order valence-corrected chi connectivity index (χ1v) is 7.95. The molecule has 0 heterocycles. The Hall–Kier alpha value is -2.00. The number of aliphatic carboxylic acids is 1. The molecule has 1 N–H and O–H groups in total. The van der Waals surface area contributed by atoms with Gasteiger partial charge in [-0.1, -0.05) is 49.7 Å². The fourth-order valence-electron chi connectivity index (χ4n) is 2.61. The van der Waals surface area contributed by atoms with E-state index in [0.717, 1.165) is 11.1 Å². The van der Waals surface area contributed by atoms with E-state index >= 15 is 0 Å². The van der Waals surface area contributed by atoms with Crippen molar-refractivity contribution in [2.75, 3.05) is 7.11 Å². The molecule has 0 aliphatic carbocycles. The van der Waals surface area contributed by atoms with Crippen LogP contribution in [-0.4, -0.2) is 18.2 Å². The van der Waals surface area contributed by atoms with Crippen molar-refractivity contribution in [1.29, 1.82) is 0 Å². The van der Waals surface area contributed by atoms with Gasteiger partial charge in [-0.25, -0.2) is 0 Å². The molecule has 2 rings (SSSR count). The molecule has 0 aliphatic heterocycles. The number of hydrogen-bond acceptors (Lipinski definition) is 2. The molecule has 4 heteroatoms. The molecule has 0 spiro atoms. The van der Waals surface area contributed by atoms with Crippen molar-refractivity contribution < 1.29 is 14.6 Å². The molecule has 122 valence electrons. The van der Waals surface area contributed by atoms with Gasteiger partial charge < -0.3 is 9.84 Å². The summed E-state index contributed by atoms with van der Waals surface area (Å²) in [6.45, 7) is 4.22. The molecular weight excluding hydrogens is 312 g/mol. The topological polar surface area (TPSA) is 46.5 Å². The first-order valence-electron chi connectivity index (χ1n) is 7.57. The van der Waals surface area contributed by atoms with Gasteiger partial charge in [-0.3, -0.25) is 4.79 Å². The Kier molecular flexibility index (Phi) is 5.67. The zero-order valence-corrected chi connectivity index (χ0v) is 14.3.